The Bertz CT molecular complexity index is 248. The summed E-state index contributed by atoms with van der Waals surface area (Å²) in [6, 6.07) is 0. The van der Waals surface area contributed by atoms with Crippen molar-refractivity contribution in [1.29, 1.82) is 0 Å². The van der Waals surface area contributed by atoms with Crippen LogP contribution in [0, 0.1) is 5.41 Å². The number of amides is 1. The molecule has 0 radical (unpaired) electrons. The van der Waals surface area contributed by atoms with Gasteiger partial charge in [-0.15, -0.1) is 0 Å². The fourth-order valence-corrected chi connectivity index (χ4v) is 2.38. The molecule has 1 saturated carbocycles. The van der Waals surface area contributed by atoms with Gasteiger partial charge in [0.1, 0.15) is 0 Å². The van der Waals surface area contributed by atoms with Gasteiger partial charge in [0, 0.05) is 25.0 Å². The summed E-state index contributed by atoms with van der Waals surface area (Å²) in [4.78, 5) is 13.7. The van der Waals surface area contributed by atoms with E-state index in [1.54, 1.807) is 0 Å². The van der Waals surface area contributed by atoms with E-state index in [4.69, 9.17) is 5.73 Å². The van der Waals surface area contributed by atoms with E-state index < -0.39 is 0 Å². The Kier molecular flexibility index (Phi) is 2.11. The van der Waals surface area contributed by atoms with Crippen molar-refractivity contribution in [2.75, 3.05) is 13.1 Å². The SMILES string of the molecule is CC1(C)CN(C(=O)CC2(N)CCC2)C1. The van der Waals surface area contributed by atoms with Crippen molar-refractivity contribution < 1.29 is 4.79 Å². The Balaban J connectivity index is 1.80. The first-order valence-electron chi connectivity index (χ1n) is 5.47. The summed E-state index contributed by atoms with van der Waals surface area (Å²) in [6.07, 6.45) is 3.80. The van der Waals surface area contributed by atoms with Gasteiger partial charge in [-0.25, -0.2) is 0 Å². The molecule has 0 bridgehead atoms. The monoisotopic (exact) mass is 196 g/mol. The van der Waals surface area contributed by atoms with Crippen LogP contribution in [-0.2, 0) is 4.79 Å². The van der Waals surface area contributed by atoms with Gasteiger partial charge in [-0.2, -0.15) is 0 Å². The fourth-order valence-electron chi connectivity index (χ4n) is 2.38. The normalized spacial score (nSPS) is 27.8. The molecule has 14 heavy (non-hydrogen) atoms. The van der Waals surface area contributed by atoms with Gasteiger partial charge in [-0.05, 0) is 24.7 Å². The predicted molar refractivity (Wildman–Crippen MR) is 55.7 cm³/mol. The number of rotatable bonds is 2. The van der Waals surface area contributed by atoms with Crippen LogP contribution in [0.25, 0.3) is 0 Å². The number of carbonyl (C=O) groups excluding carboxylic acids is 1. The minimum absolute atomic E-state index is 0.156. The first-order valence-corrected chi connectivity index (χ1v) is 5.47. The zero-order valence-electron chi connectivity index (χ0n) is 9.18. The quantitative estimate of drug-likeness (QED) is 0.719. The topological polar surface area (TPSA) is 46.3 Å². The molecule has 3 nitrogen and oxygen atoms in total. The van der Waals surface area contributed by atoms with E-state index in [1.165, 1.54) is 6.42 Å². The van der Waals surface area contributed by atoms with Crippen LogP contribution >= 0.6 is 0 Å². The summed E-state index contributed by atoms with van der Waals surface area (Å²) >= 11 is 0. The predicted octanol–water partition coefficient (Wildman–Crippen LogP) is 1.13. The van der Waals surface area contributed by atoms with E-state index in [2.05, 4.69) is 13.8 Å². The molecule has 3 heteroatoms. The molecule has 1 aliphatic heterocycles. The minimum atomic E-state index is -0.156. The summed E-state index contributed by atoms with van der Waals surface area (Å²) in [5.41, 5.74) is 6.21. The van der Waals surface area contributed by atoms with E-state index in [0.717, 1.165) is 25.9 Å². The van der Waals surface area contributed by atoms with Crippen LogP contribution in [0.15, 0.2) is 0 Å². The Morgan fingerprint density at radius 2 is 1.93 bits per heavy atom. The van der Waals surface area contributed by atoms with Crippen molar-refractivity contribution in [3.63, 3.8) is 0 Å². The summed E-state index contributed by atoms with van der Waals surface area (Å²) in [5.74, 6) is 0.256. The average molecular weight is 196 g/mol. The van der Waals surface area contributed by atoms with Crippen LogP contribution < -0.4 is 5.73 Å². The maximum Gasteiger partial charge on any atom is 0.224 e. The molecule has 2 N–H and O–H groups in total. The highest BCUT2D eigenvalue weighted by Crippen LogP contribution is 2.35. The molecule has 2 aliphatic rings. The second-order valence-electron chi connectivity index (χ2n) is 5.81. The number of nitrogens with zero attached hydrogens (tertiary/aromatic N) is 1. The Hall–Kier alpha value is -0.570. The highest BCUT2D eigenvalue weighted by atomic mass is 16.2. The third-order valence-corrected chi connectivity index (χ3v) is 3.44. The second kappa shape index (κ2) is 2.96. The summed E-state index contributed by atoms with van der Waals surface area (Å²) < 4.78 is 0. The van der Waals surface area contributed by atoms with E-state index in [1.807, 2.05) is 4.90 Å². The molecule has 1 aliphatic carbocycles. The molecule has 1 amide bonds. The molecule has 2 rings (SSSR count). The lowest BCUT2D eigenvalue weighted by atomic mass is 9.74. The first kappa shape index (κ1) is 9.97. The van der Waals surface area contributed by atoms with Crippen molar-refractivity contribution in [1.82, 2.24) is 4.90 Å². The fraction of sp³-hybridized carbons (Fsp3) is 0.909. The van der Waals surface area contributed by atoms with Gasteiger partial charge in [0.2, 0.25) is 5.91 Å². The van der Waals surface area contributed by atoms with Crippen LogP contribution in [0.5, 0.6) is 0 Å². The van der Waals surface area contributed by atoms with Gasteiger partial charge >= 0.3 is 0 Å². The van der Waals surface area contributed by atoms with Crippen LogP contribution in [0.4, 0.5) is 0 Å². The van der Waals surface area contributed by atoms with Crippen LogP contribution in [0.2, 0.25) is 0 Å². The van der Waals surface area contributed by atoms with Crippen molar-refractivity contribution in [2.45, 2.75) is 45.1 Å². The van der Waals surface area contributed by atoms with Crippen molar-refractivity contribution in [2.24, 2.45) is 11.1 Å². The first-order chi connectivity index (χ1) is 6.40. The molecule has 0 aromatic carbocycles. The molecule has 0 atom stereocenters. The molecule has 0 unspecified atom stereocenters. The number of hydrogen-bond donors (Lipinski definition) is 1. The lowest BCUT2D eigenvalue weighted by Crippen LogP contribution is -2.58. The smallest absolute Gasteiger partial charge is 0.224 e. The molecule has 1 saturated heterocycles. The summed E-state index contributed by atoms with van der Waals surface area (Å²) in [7, 11) is 0. The maximum atomic E-state index is 11.8. The maximum absolute atomic E-state index is 11.8. The van der Waals surface area contributed by atoms with Gasteiger partial charge in [-0.3, -0.25) is 4.79 Å². The van der Waals surface area contributed by atoms with E-state index in [9.17, 15) is 4.79 Å². The second-order valence-corrected chi connectivity index (χ2v) is 5.81. The zero-order valence-corrected chi connectivity index (χ0v) is 9.18. The van der Waals surface area contributed by atoms with Crippen molar-refractivity contribution in [3.8, 4) is 0 Å². The Labute approximate surface area is 85.6 Å². The van der Waals surface area contributed by atoms with Crippen molar-refractivity contribution >= 4 is 5.91 Å². The molecule has 0 aromatic rings. The number of hydrogen-bond acceptors (Lipinski definition) is 2. The van der Waals surface area contributed by atoms with Crippen molar-refractivity contribution in [3.05, 3.63) is 0 Å². The largest absolute Gasteiger partial charge is 0.341 e. The molecule has 0 spiro atoms. The van der Waals surface area contributed by atoms with Crippen LogP contribution in [0.3, 0.4) is 0 Å². The van der Waals surface area contributed by atoms with Gasteiger partial charge in [0.05, 0.1) is 0 Å². The van der Waals surface area contributed by atoms with Gasteiger partial charge in [0.15, 0.2) is 0 Å². The lowest BCUT2D eigenvalue weighted by Gasteiger charge is -2.48. The lowest BCUT2D eigenvalue weighted by molar-refractivity contribution is -0.143. The van der Waals surface area contributed by atoms with E-state index in [0.29, 0.717) is 11.8 Å². The Morgan fingerprint density at radius 1 is 1.36 bits per heavy atom. The molecule has 2 fully saturated rings. The summed E-state index contributed by atoms with van der Waals surface area (Å²) in [5, 5.41) is 0. The minimum Gasteiger partial charge on any atom is -0.341 e. The van der Waals surface area contributed by atoms with E-state index >= 15 is 0 Å². The Morgan fingerprint density at radius 3 is 2.29 bits per heavy atom. The molecule has 1 heterocycles. The van der Waals surface area contributed by atoms with Gasteiger partial charge in [-0.1, -0.05) is 13.8 Å². The molecule has 0 aromatic heterocycles. The highest BCUT2D eigenvalue weighted by molar-refractivity contribution is 5.78. The molecular formula is C11H20N2O. The zero-order chi connectivity index (χ0) is 10.4. The van der Waals surface area contributed by atoms with Crippen LogP contribution in [-0.4, -0.2) is 29.4 Å². The third-order valence-electron chi connectivity index (χ3n) is 3.44. The molecule has 80 valence electrons. The summed E-state index contributed by atoms with van der Waals surface area (Å²) in [6.45, 7) is 6.19. The average Bonchev–Trinajstić information content (AvgIpc) is 1.96. The van der Waals surface area contributed by atoms with Gasteiger partial charge < -0.3 is 10.6 Å². The van der Waals surface area contributed by atoms with Crippen LogP contribution in [0.1, 0.15) is 39.5 Å². The molecular weight excluding hydrogens is 176 g/mol. The highest BCUT2D eigenvalue weighted by Gasteiger charge is 2.41. The van der Waals surface area contributed by atoms with E-state index in [-0.39, 0.29) is 11.4 Å². The number of nitrogens with two attached hydrogens (primary N) is 1. The van der Waals surface area contributed by atoms with Gasteiger partial charge in [0.25, 0.3) is 0 Å². The number of likely N-dealkylation sites (tertiary alicyclic amines) is 1. The number of carbonyl (C=O) groups is 1. The third kappa shape index (κ3) is 1.78. The standard InChI is InChI=1S/C11H20N2O/c1-10(2)7-13(8-10)9(14)6-11(12)4-3-5-11/h3-8,12H2,1-2H3.